The lowest BCUT2D eigenvalue weighted by Gasteiger charge is -2.19. The quantitative estimate of drug-likeness (QED) is 0.456. The number of amides is 1. The first-order valence-corrected chi connectivity index (χ1v) is 8.73. The van der Waals surface area contributed by atoms with E-state index < -0.39 is 0 Å². The number of hydrogen-bond donors (Lipinski definition) is 2. The lowest BCUT2D eigenvalue weighted by atomic mass is 10.1. The third-order valence-electron chi connectivity index (χ3n) is 3.12. The predicted molar refractivity (Wildman–Crippen MR) is 95.4 cm³/mol. The van der Waals surface area contributed by atoms with Crippen molar-refractivity contribution in [3.8, 4) is 0 Å². The van der Waals surface area contributed by atoms with Crippen LogP contribution >= 0.6 is 11.8 Å². The Labute approximate surface area is 137 Å². The Hall–Kier alpha value is -1.69. The highest BCUT2D eigenvalue weighted by Crippen LogP contribution is 2.10. The highest BCUT2D eigenvalue weighted by molar-refractivity contribution is 7.98. The summed E-state index contributed by atoms with van der Waals surface area (Å²) >= 11 is 1.77. The van der Waals surface area contributed by atoms with E-state index in [4.69, 9.17) is 0 Å². The topological polar surface area (TPSA) is 56.7 Å². The monoisotopic (exact) mass is 322 g/mol. The number of rotatable bonds is 7. The van der Waals surface area contributed by atoms with Gasteiger partial charge in [0.15, 0.2) is 5.96 Å². The SMILES string of the molecule is CSCCNC(=NCC(=O)N(C)C)NC(C)c1ccccc1. The van der Waals surface area contributed by atoms with Gasteiger partial charge in [0.05, 0.1) is 6.04 Å². The second-order valence-electron chi connectivity index (χ2n) is 5.15. The van der Waals surface area contributed by atoms with E-state index in [-0.39, 0.29) is 18.5 Å². The Morgan fingerprint density at radius 2 is 2.00 bits per heavy atom. The molecule has 122 valence electrons. The van der Waals surface area contributed by atoms with Gasteiger partial charge in [-0.1, -0.05) is 30.3 Å². The molecule has 0 aliphatic rings. The molecule has 0 aliphatic carbocycles. The van der Waals surface area contributed by atoms with Crippen molar-refractivity contribution in [3.05, 3.63) is 35.9 Å². The summed E-state index contributed by atoms with van der Waals surface area (Å²) in [5.74, 6) is 1.64. The molecule has 1 rings (SSSR count). The highest BCUT2D eigenvalue weighted by atomic mass is 32.2. The van der Waals surface area contributed by atoms with E-state index in [1.807, 2.05) is 18.2 Å². The van der Waals surface area contributed by atoms with Crippen molar-refractivity contribution < 1.29 is 4.79 Å². The maximum Gasteiger partial charge on any atom is 0.243 e. The van der Waals surface area contributed by atoms with Gasteiger partial charge in [0.2, 0.25) is 5.91 Å². The predicted octanol–water partition coefficient (Wildman–Crippen LogP) is 1.73. The minimum atomic E-state index is -0.0154. The van der Waals surface area contributed by atoms with Gasteiger partial charge in [0.1, 0.15) is 6.54 Å². The van der Waals surface area contributed by atoms with Crippen molar-refractivity contribution in [2.24, 2.45) is 4.99 Å². The number of hydrogen-bond acceptors (Lipinski definition) is 3. The molecule has 6 heteroatoms. The van der Waals surface area contributed by atoms with Crippen LogP contribution in [0.2, 0.25) is 0 Å². The molecule has 0 radical (unpaired) electrons. The molecule has 0 spiro atoms. The standard InChI is InChI=1S/C16H26N4OS/c1-13(14-8-6-5-7-9-14)19-16(17-10-11-22-4)18-12-15(21)20(2)3/h5-9,13H,10-12H2,1-4H3,(H2,17,18,19). The van der Waals surface area contributed by atoms with Crippen molar-refractivity contribution >= 4 is 23.6 Å². The summed E-state index contributed by atoms with van der Waals surface area (Å²) in [4.78, 5) is 17.6. The Morgan fingerprint density at radius 3 is 2.59 bits per heavy atom. The summed E-state index contributed by atoms with van der Waals surface area (Å²) in [6.45, 7) is 3.03. The zero-order chi connectivity index (χ0) is 16.4. The molecule has 22 heavy (non-hydrogen) atoms. The number of likely N-dealkylation sites (N-methyl/N-ethyl adjacent to an activating group) is 1. The molecule has 0 aliphatic heterocycles. The van der Waals surface area contributed by atoms with Crippen molar-refractivity contribution in [2.75, 3.05) is 39.2 Å². The molecule has 0 bridgehead atoms. The van der Waals surface area contributed by atoms with Gasteiger partial charge in [-0.15, -0.1) is 0 Å². The zero-order valence-corrected chi connectivity index (χ0v) is 14.6. The summed E-state index contributed by atoms with van der Waals surface area (Å²) in [5.41, 5.74) is 1.18. The summed E-state index contributed by atoms with van der Waals surface area (Å²) in [6, 6.07) is 10.3. The van der Waals surface area contributed by atoms with Crippen molar-refractivity contribution in [3.63, 3.8) is 0 Å². The Bertz CT molecular complexity index is 476. The number of carbonyl (C=O) groups excluding carboxylic acids is 1. The van der Waals surface area contributed by atoms with Gasteiger partial charge in [0.25, 0.3) is 0 Å². The molecule has 1 unspecified atom stereocenters. The van der Waals surface area contributed by atoms with Crippen LogP contribution in [-0.4, -0.2) is 56.0 Å². The van der Waals surface area contributed by atoms with E-state index in [1.54, 1.807) is 30.8 Å². The molecule has 1 aromatic carbocycles. The number of guanidine groups is 1. The zero-order valence-electron chi connectivity index (χ0n) is 13.8. The number of carbonyl (C=O) groups is 1. The van der Waals surface area contributed by atoms with E-state index in [0.717, 1.165) is 12.3 Å². The molecular formula is C16H26N4OS. The number of aliphatic imine (C=N–C) groups is 1. The molecule has 1 amide bonds. The first-order valence-electron chi connectivity index (χ1n) is 7.33. The van der Waals surface area contributed by atoms with Crippen LogP contribution in [0, 0.1) is 0 Å². The molecular weight excluding hydrogens is 296 g/mol. The fraction of sp³-hybridized carbons (Fsp3) is 0.500. The summed E-state index contributed by atoms with van der Waals surface area (Å²) in [6.07, 6.45) is 2.06. The van der Waals surface area contributed by atoms with Crippen molar-refractivity contribution in [2.45, 2.75) is 13.0 Å². The number of benzene rings is 1. The van der Waals surface area contributed by atoms with Crippen LogP contribution in [0.15, 0.2) is 35.3 Å². The summed E-state index contributed by atoms with van der Waals surface area (Å²) < 4.78 is 0. The molecule has 0 saturated carbocycles. The summed E-state index contributed by atoms with van der Waals surface area (Å²) in [7, 11) is 3.47. The van der Waals surface area contributed by atoms with Crippen LogP contribution in [0.1, 0.15) is 18.5 Å². The van der Waals surface area contributed by atoms with Crippen molar-refractivity contribution in [1.29, 1.82) is 0 Å². The maximum absolute atomic E-state index is 11.7. The normalized spacial score (nSPS) is 12.6. The minimum Gasteiger partial charge on any atom is -0.356 e. The van der Waals surface area contributed by atoms with Crippen LogP contribution in [-0.2, 0) is 4.79 Å². The molecule has 0 saturated heterocycles. The van der Waals surface area contributed by atoms with Gasteiger partial charge in [-0.25, -0.2) is 4.99 Å². The third-order valence-corrected chi connectivity index (χ3v) is 3.74. The second-order valence-corrected chi connectivity index (χ2v) is 6.13. The maximum atomic E-state index is 11.7. The van der Waals surface area contributed by atoms with Gasteiger partial charge in [-0.2, -0.15) is 11.8 Å². The highest BCUT2D eigenvalue weighted by Gasteiger charge is 2.09. The number of nitrogens with one attached hydrogen (secondary N) is 2. The van der Waals surface area contributed by atoms with Gasteiger partial charge in [-0.3, -0.25) is 4.79 Å². The van der Waals surface area contributed by atoms with E-state index in [2.05, 4.69) is 40.9 Å². The fourth-order valence-corrected chi connectivity index (χ4v) is 2.05. The summed E-state index contributed by atoms with van der Waals surface area (Å²) in [5, 5.41) is 6.61. The first-order chi connectivity index (χ1) is 10.5. The van der Waals surface area contributed by atoms with Crippen LogP contribution in [0.3, 0.4) is 0 Å². The third kappa shape index (κ3) is 6.85. The average molecular weight is 322 g/mol. The average Bonchev–Trinajstić information content (AvgIpc) is 2.52. The molecule has 1 aromatic rings. The lowest BCUT2D eigenvalue weighted by Crippen LogP contribution is -2.40. The molecule has 2 N–H and O–H groups in total. The van der Waals surface area contributed by atoms with Gasteiger partial charge < -0.3 is 15.5 Å². The Kier molecular flexibility index (Phi) is 8.43. The van der Waals surface area contributed by atoms with Crippen molar-refractivity contribution in [1.82, 2.24) is 15.5 Å². The largest absolute Gasteiger partial charge is 0.356 e. The molecule has 1 atom stereocenters. The van der Waals surface area contributed by atoms with E-state index in [1.165, 1.54) is 5.56 Å². The van der Waals surface area contributed by atoms with Crippen LogP contribution in [0.5, 0.6) is 0 Å². The number of nitrogens with zero attached hydrogens (tertiary/aromatic N) is 2. The smallest absolute Gasteiger partial charge is 0.243 e. The van der Waals surface area contributed by atoms with Gasteiger partial charge >= 0.3 is 0 Å². The Balaban J connectivity index is 2.68. The minimum absolute atomic E-state index is 0.0154. The lowest BCUT2D eigenvalue weighted by molar-refractivity contribution is -0.127. The fourth-order valence-electron chi connectivity index (χ4n) is 1.74. The molecule has 0 heterocycles. The second kappa shape index (κ2) is 10.1. The van der Waals surface area contributed by atoms with E-state index in [9.17, 15) is 4.79 Å². The molecule has 5 nitrogen and oxygen atoms in total. The Morgan fingerprint density at radius 1 is 1.32 bits per heavy atom. The van der Waals surface area contributed by atoms with E-state index in [0.29, 0.717) is 5.96 Å². The van der Waals surface area contributed by atoms with Gasteiger partial charge in [0, 0.05) is 26.4 Å². The van der Waals surface area contributed by atoms with Crippen LogP contribution in [0.25, 0.3) is 0 Å². The van der Waals surface area contributed by atoms with E-state index >= 15 is 0 Å². The van der Waals surface area contributed by atoms with Crippen LogP contribution in [0.4, 0.5) is 0 Å². The first kappa shape index (κ1) is 18.4. The van der Waals surface area contributed by atoms with Gasteiger partial charge in [-0.05, 0) is 18.7 Å². The number of thioether (sulfide) groups is 1. The molecule has 0 aromatic heterocycles. The molecule has 0 fully saturated rings. The van der Waals surface area contributed by atoms with Crippen LogP contribution < -0.4 is 10.6 Å².